The summed E-state index contributed by atoms with van der Waals surface area (Å²) >= 11 is 7.22. The molecule has 0 aromatic carbocycles. The number of thioether (sulfide) groups is 1. The Morgan fingerprint density at radius 2 is 1.94 bits per heavy atom. The molecule has 0 radical (unpaired) electrons. The molecule has 1 fully saturated rings. The molecule has 1 rings (SSSR count). The second kappa shape index (κ2) is 9.13. The lowest BCUT2D eigenvalue weighted by Crippen LogP contribution is -2.53. The van der Waals surface area contributed by atoms with E-state index in [4.69, 9.17) is 18.0 Å². The molecule has 106 valence electrons. The van der Waals surface area contributed by atoms with Crippen molar-refractivity contribution in [2.75, 3.05) is 44.2 Å². The van der Waals surface area contributed by atoms with E-state index in [1.54, 1.807) is 0 Å². The predicted octanol–water partition coefficient (Wildman–Crippen LogP) is 1.81. The molecule has 1 saturated heterocycles. The lowest BCUT2D eigenvalue weighted by molar-refractivity contribution is 0.119. The summed E-state index contributed by atoms with van der Waals surface area (Å²) in [5.41, 5.74) is 5.86. The molecule has 0 bridgehead atoms. The van der Waals surface area contributed by atoms with Crippen LogP contribution in [0.25, 0.3) is 0 Å². The molecule has 18 heavy (non-hydrogen) atoms. The van der Waals surface area contributed by atoms with Crippen LogP contribution in [-0.2, 0) is 0 Å². The Bertz CT molecular complexity index is 240. The Balaban J connectivity index is 2.30. The molecule has 5 heteroatoms. The quantitative estimate of drug-likeness (QED) is 0.544. The van der Waals surface area contributed by atoms with Crippen molar-refractivity contribution >= 4 is 29.0 Å². The summed E-state index contributed by atoms with van der Waals surface area (Å²) in [6.07, 6.45) is 2.25. The van der Waals surface area contributed by atoms with E-state index in [0.717, 1.165) is 39.0 Å². The second-order valence-corrected chi connectivity index (χ2v) is 6.65. The van der Waals surface area contributed by atoms with Crippen molar-refractivity contribution in [3.05, 3.63) is 0 Å². The van der Waals surface area contributed by atoms with E-state index >= 15 is 0 Å². The minimum atomic E-state index is 0.317. The van der Waals surface area contributed by atoms with E-state index in [1.807, 2.05) is 11.8 Å². The third-order valence-corrected chi connectivity index (χ3v) is 4.65. The van der Waals surface area contributed by atoms with Crippen molar-refractivity contribution in [2.45, 2.75) is 32.7 Å². The highest BCUT2D eigenvalue weighted by molar-refractivity contribution is 7.99. The Labute approximate surface area is 121 Å². The fourth-order valence-corrected chi connectivity index (χ4v) is 3.36. The monoisotopic (exact) mass is 289 g/mol. The minimum Gasteiger partial charge on any atom is -0.392 e. The van der Waals surface area contributed by atoms with Crippen LogP contribution in [0.2, 0.25) is 0 Å². The van der Waals surface area contributed by atoms with Gasteiger partial charge in [0.1, 0.15) is 0 Å². The van der Waals surface area contributed by atoms with Crippen molar-refractivity contribution in [3.63, 3.8) is 0 Å². The Kier molecular flexibility index (Phi) is 8.22. The summed E-state index contributed by atoms with van der Waals surface area (Å²) in [6, 6.07) is 0.317. The lowest BCUT2D eigenvalue weighted by atomic mass is 10.1. The standard InChI is InChI=1S/C13H27N3S2/c1-3-5-12(13(14)17)16-8-6-15(7-9-16)10-11-18-4-2/h12H,3-11H2,1-2H3,(H2,14,17). The van der Waals surface area contributed by atoms with Crippen LogP contribution < -0.4 is 5.73 Å². The summed E-state index contributed by atoms with van der Waals surface area (Å²) < 4.78 is 0. The molecule has 1 aliphatic heterocycles. The molecule has 0 aromatic heterocycles. The highest BCUT2D eigenvalue weighted by atomic mass is 32.2. The number of nitrogens with two attached hydrogens (primary N) is 1. The van der Waals surface area contributed by atoms with Crippen LogP contribution in [0, 0.1) is 0 Å². The van der Waals surface area contributed by atoms with E-state index in [0.29, 0.717) is 11.0 Å². The molecule has 3 nitrogen and oxygen atoms in total. The Morgan fingerprint density at radius 1 is 1.28 bits per heavy atom. The van der Waals surface area contributed by atoms with Gasteiger partial charge in [-0.25, -0.2) is 0 Å². The minimum absolute atomic E-state index is 0.317. The number of rotatable bonds is 8. The highest BCUT2D eigenvalue weighted by Gasteiger charge is 2.24. The molecular formula is C13H27N3S2. The fraction of sp³-hybridized carbons (Fsp3) is 0.923. The number of thiocarbonyl (C=S) groups is 1. The molecule has 0 aromatic rings. The SMILES string of the molecule is CCCC(C(N)=S)N1CCN(CCSCC)CC1. The Morgan fingerprint density at radius 3 is 2.44 bits per heavy atom. The number of piperazine rings is 1. The first kappa shape index (κ1) is 16.2. The van der Waals surface area contributed by atoms with Gasteiger partial charge in [0.15, 0.2) is 0 Å². The van der Waals surface area contributed by atoms with Crippen molar-refractivity contribution in [1.29, 1.82) is 0 Å². The molecule has 0 spiro atoms. The van der Waals surface area contributed by atoms with Gasteiger partial charge < -0.3 is 5.73 Å². The number of nitrogens with zero attached hydrogens (tertiary/aromatic N) is 2. The van der Waals surface area contributed by atoms with Gasteiger partial charge in [0, 0.05) is 38.5 Å². The smallest absolute Gasteiger partial charge is 0.0902 e. The molecule has 1 aliphatic rings. The first-order valence-electron chi connectivity index (χ1n) is 7.02. The highest BCUT2D eigenvalue weighted by Crippen LogP contribution is 2.12. The van der Waals surface area contributed by atoms with Gasteiger partial charge in [-0.05, 0) is 12.2 Å². The summed E-state index contributed by atoms with van der Waals surface area (Å²) in [4.78, 5) is 5.70. The van der Waals surface area contributed by atoms with Crippen LogP contribution in [0.3, 0.4) is 0 Å². The van der Waals surface area contributed by atoms with Gasteiger partial charge in [-0.2, -0.15) is 11.8 Å². The molecule has 0 amide bonds. The van der Waals surface area contributed by atoms with E-state index in [2.05, 4.69) is 23.6 Å². The Hall–Kier alpha value is 0.160. The van der Waals surface area contributed by atoms with Crippen LogP contribution >= 0.6 is 24.0 Å². The summed E-state index contributed by atoms with van der Waals surface area (Å²) in [7, 11) is 0. The van der Waals surface area contributed by atoms with E-state index in [-0.39, 0.29) is 0 Å². The first-order chi connectivity index (χ1) is 8.69. The van der Waals surface area contributed by atoms with Gasteiger partial charge in [-0.3, -0.25) is 9.80 Å². The summed E-state index contributed by atoms with van der Waals surface area (Å²) in [5.74, 6) is 2.48. The largest absolute Gasteiger partial charge is 0.392 e. The zero-order chi connectivity index (χ0) is 13.4. The molecule has 0 aliphatic carbocycles. The van der Waals surface area contributed by atoms with E-state index in [1.165, 1.54) is 18.1 Å². The normalized spacial score (nSPS) is 19.9. The molecule has 1 heterocycles. The van der Waals surface area contributed by atoms with Crippen molar-refractivity contribution in [2.24, 2.45) is 5.73 Å². The van der Waals surface area contributed by atoms with Gasteiger partial charge >= 0.3 is 0 Å². The number of hydrogen-bond acceptors (Lipinski definition) is 4. The van der Waals surface area contributed by atoms with E-state index in [9.17, 15) is 0 Å². The first-order valence-corrected chi connectivity index (χ1v) is 8.58. The number of hydrogen-bond donors (Lipinski definition) is 1. The van der Waals surface area contributed by atoms with Gasteiger partial charge in [-0.1, -0.05) is 32.5 Å². The zero-order valence-corrected chi connectivity index (χ0v) is 13.4. The summed E-state index contributed by atoms with van der Waals surface area (Å²) in [5, 5.41) is 0. The van der Waals surface area contributed by atoms with Crippen molar-refractivity contribution in [3.8, 4) is 0 Å². The van der Waals surface area contributed by atoms with E-state index < -0.39 is 0 Å². The maximum atomic E-state index is 5.86. The third-order valence-electron chi connectivity index (χ3n) is 3.49. The van der Waals surface area contributed by atoms with Crippen LogP contribution in [0.4, 0.5) is 0 Å². The summed E-state index contributed by atoms with van der Waals surface area (Å²) in [6.45, 7) is 10.2. The zero-order valence-electron chi connectivity index (χ0n) is 11.7. The molecule has 1 atom stereocenters. The predicted molar refractivity (Wildman–Crippen MR) is 86.5 cm³/mol. The van der Waals surface area contributed by atoms with Crippen LogP contribution in [0.15, 0.2) is 0 Å². The maximum Gasteiger partial charge on any atom is 0.0902 e. The lowest BCUT2D eigenvalue weighted by Gasteiger charge is -2.38. The van der Waals surface area contributed by atoms with Crippen LogP contribution in [-0.4, -0.2) is 65.1 Å². The average molecular weight is 290 g/mol. The van der Waals surface area contributed by atoms with Crippen molar-refractivity contribution < 1.29 is 0 Å². The van der Waals surface area contributed by atoms with Gasteiger partial charge in [0.2, 0.25) is 0 Å². The average Bonchev–Trinajstić information content (AvgIpc) is 2.37. The van der Waals surface area contributed by atoms with Gasteiger partial charge in [-0.15, -0.1) is 0 Å². The maximum absolute atomic E-state index is 5.86. The molecule has 2 N–H and O–H groups in total. The molecule has 0 saturated carbocycles. The topological polar surface area (TPSA) is 32.5 Å². The van der Waals surface area contributed by atoms with Crippen molar-refractivity contribution in [1.82, 2.24) is 9.80 Å². The van der Waals surface area contributed by atoms with Crippen LogP contribution in [0.1, 0.15) is 26.7 Å². The molecular weight excluding hydrogens is 262 g/mol. The third kappa shape index (κ3) is 5.43. The fourth-order valence-electron chi connectivity index (χ4n) is 2.41. The molecule has 1 unspecified atom stereocenters. The second-order valence-electron chi connectivity index (χ2n) is 4.78. The van der Waals surface area contributed by atoms with Crippen LogP contribution in [0.5, 0.6) is 0 Å². The van der Waals surface area contributed by atoms with Gasteiger partial charge in [0.05, 0.1) is 11.0 Å². The van der Waals surface area contributed by atoms with Gasteiger partial charge in [0.25, 0.3) is 0 Å².